The number of rotatable bonds is 2. The van der Waals surface area contributed by atoms with E-state index in [9.17, 15) is 0 Å². The van der Waals surface area contributed by atoms with Gasteiger partial charge in [0.05, 0.1) is 17.9 Å². The Morgan fingerprint density at radius 3 is 1.74 bits per heavy atom. The lowest BCUT2D eigenvalue weighted by Gasteiger charge is -2.09. The summed E-state index contributed by atoms with van der Waals surface area (Å²) in [5, 5.41) is 2.23. The van der Waals surface area contributed by atoms with Crippen LogP contribution in [0, 0.1) is 0 Å². The van der Waals surface area contributed by atoms with Crippen LogP contribution in [0.2, 0.25) is 0 Å². The standard InChI is InChI=1S/C24H15Br2N/c25-18-8-12-23-21(14-18)22-15-19(26)9-13-24(22)27(23)20-10-6-17(7-11-20)16-4-2-1-3-5-16/h1-15H/i1D,2D,3D,4D,5D. The lowest BCUT2D eigenvalue weighted by atomic mass is 10.1. The third-order valence-electron chi connectivity index (χ3n) is 4.60. The number of benzene rings is 4. The third-order valence-corrected chi connectivity index (χ3v) is 5.59. The van der Waals surface area contributed by atoms with Gasteiger partial charge in [-0.1, -0.05) is 74.2 Å². The summed E-state index contributed by atoms with van der Waals surface area (Å²) in [6, 6.07) is 18.3. The molecule has 0 spiro atoms. The summed E-state index contributed by atoms with van der Waals surface area (Å²) in [4.78, 5) is 0. The molecule has 4 aromatic carbocycles. The molecular formula is C24H15Br2N. The van der Waals surface area contributed by atoms with Gasteiger partial charge >= 0.3 is 0 Å². The zero-order valence-corrected chi connectivity index (χ0v) is 17.1. The zero-order valence-electron chi connectivity index (χ0n) is 19.0. The van der Waals surface area contributed by atoms with Crippen LogP contribution in [0.25, 0.3) is 38.6 Å². The van der Waals surface area contributed by atoms with Crippen molar-refractivity contribution in [1.82, 2.24) is 4.57 Å². The summed E-state index contributed by atoms with van der Waals surface area (Å²) >= 11 is 7.13. The highest BCUT2D eigenvalue weighted by atomic mass is 79.9. The highest BCUT2D eigenvalue weighted by Gasteiger charge is 2.13. The van der Waals surface area contributed by atoms with Gasteiger partial charge in [-0.3, -0.25) is 0 Å². The summed E-state index contributed by atoms with van der Waals surface area (Å²) in [6.07, 6.45) is 0. The topological polar surface area (TPSA) is 4.93 Å². The molecule has 3 heteroatoms. The van der Waals surface area contributed by atoms with E-state index in [1.165, 1.54) is 0 Å². The second-order valence-electron chi connectivity index (χ2n) is 6.21. The fourth-order valence-corrected chi connectivity index (χ4v) is 4.14. The maximum atomic E-state index is 8.24. The van der Waals surface area contributed by atoms with Crippen LogP contribution in [0.3, 0.4) is 0 Å². The van der Waals surface area contributed by atoms with Crippen LogP contribution >= 0.6 is 31.9 Å². The van der Waals surface area contributed by atoms with Crippen LogP contribution in [0.4, 0.5) is 0 Å². The molecule has 0 fully saturated rings. The summed E-state index contributed by atoms with van der Waals surface area (Å²) in [7, 11) is 0. The molecule has 0 radical (unpaired) electrons. The molecule has 0 amide bonds. The van der Waals surface area contributed by atoms with Crippen molar-refractivity contribution in [2.45, 2.75) is 0 Å². The van der Waals surface area contributed by atoms with Crippen molar-refractivity contribution in [3.63, 3.8) is 0 Å². The minimum atomic E-state index is -0.386. The highest BCUT2D eigenvalue weighted by molar-refractivity contribution is 9.10. The number of fused-ring (bicyclic) bond motifs is 3. The van der Waals surface area contributed by atoms with Gasteiger partial charge in [-0.2, -0.15) is 0 Å². The Kier molecular flexibility index (Phi) is 3.00. The van der Waals surface area contributed by atoms with Crippen LogP contribution in [0.15, 0.2) is 99.8 Å². The Morgan fingerprint density at radius 2 is 1.19 bits per heavy atom. The maximum absolute atomic E-state index is 8.24. The Hall–Kier alpha value is -2.36. The maximum Gasteiger partial charge on any atom is 0.0629 e. The molecule has 0 aliphatic rings. The summed E-state index contributed by atoms with van der Waals surface area (Å²) < 4.78 is 44.3. The molecule has 0 aliphatic heterocycles. The van der Waals surface area contributed by atoms with Crippen molar-refractivity contribution < 1.29 is 6.85 Å². The predicted octanol–water partition coefficient (Wildman–Crippen LogP) is 7.98. The molecule has 0 atom stereocenters. The van der Waals surface area contributed by atoms with Gasteiger partial charge in [0.1, 0.15) is 0 Å². The highest BCUT2D eigenvalue weighted by Crippen LogP contribution is 2.35. The van der Waals surface area contributed by atoms with E-state index < -0.39 is 0 Å². The van der Waals surface area contributed by atoms with Gasteiger partial charge in [0.25, 0.3) is 0 Å². The van der Waals surface area contributed by atoms with E-state index in [1.54, 1.807) is 12.1 Å². The normalized spacial score (nSPS) is 13.9. The van der Waals surface area contributed by atoms with Crippen molar-refractivity contribution in [2.24, 2.45) is 0 Å². The molecule has 0 saturated heterocycles. The Morgan fingerprint density at radius 1 is 0.630 bits per heavy atom. The van der Waals surface area contributed by atoms with Gasteiger partial charge in [-0.05, 0) is 59.7 Å². The van der Waals surface area contributed by atoms with Crippen molar-refractivity contribution in [2.75, 3.05) is 0 Å². The Bertz CT molecular complexity index is 1450. The average molecular weight is 482 g/mol. The lowest BCUT2D eigenvalue weighted by molar-refractivity contribution is 1.18. The van der Waals surface area contributed by atoms with Gasteiger partial charge in [0, 0.05) is 25.4 Å². The first-order valence-corrected chi connectivity index (χ1v) is 9.93. The van der Waals surface area contributed by atoms with E-state index in [0.717, 1.165) is 36.4 Å². The van der Waals surface area contributed by atoms with Crippen LogP contribution in [0.1, 0.15) is 6.85 Å². The summed E-state index contributed by atoms with van der Waals surface area (Å²) in [5.41, 5.74) is 3.81. The SMILES string of the molecule is [2H]c1c([2H])c([2H])c(-c2ccc(-n3c4ccc(Br)cc4c4cc(Br)ccc43)cc2)c([2H])c1[2H]. The molecule has 0 bridgehead atoms. The van der Waals surface area contributed by atoms with Crippen molar-refractivity contribution in [1.29, 1.82) is 0 Å². The van der Waals surface area contributed by atoms with Gasteiger partial charge in [-0.25, -0.2) is 0 Å². The van der Waals surface area contributed by atoms with Crippen molar-refractivity contribution in [3.05, 3.63) is 99.8 Å². The minimum absolute atomic E-state index is 0.199. The second kappa shape index (κ2) is 6.66. The first kappa shape index (κ1) is 12.2. The van der Waals surface area contributed by atoms with Gasteiger partial charge in [0.15, 0.2) is 0 Å². The monoisotopic (exact) mass is 480 g/mol. The molecular weight excluding hydrogens is 462 g/mol. The Labute approximate surface area is 181 Å². The molecule has 1 nitrogen and oxygen atoms in total. The third kappa shape index (κ3) is 2.91. The number of hydrogen-bond acceptors (Lipinski definition) is 0. The molecule has 130 valence electrons. The average Bonchev–Trinajstić information content (AvgIpc) is 3.10. The molecule has 1 heterocycles. The minimum Gasteiger partial charge on any atom is -0.309 e. The zero-order chi connectivity index (χ0) is 22.7. The fraction of sp³-hybridized carbons (Fsp3) is 0. The molecule has 5 aromatic rings. The molecule has 0 unspecified atom stereocenters. The number of aromatic nitrogens is 1. The first-order valence-electron chi connectivity index (χ1n) is 10.8. The lowest BCUT2D eigenvalue weighted by Crippen LogP contribution is -1.93. The summed E-state index contributed by atoms with van der Waals surface area (Å²) in [6.45, 7) is 0. The predicted molar refractivity (Wildman–Crippen MR) is 122 cm³/mol. The fourth-order valence-electron chi connectivity index (χ4n) is 3.42. The molecule has 0 N–H and O–H groups in total. The van der Waals surface area contributed by atoms with Gasteiger partial charge < -0.3 is 4.57 Å². The Balaban J connectivity index is 1.72. The van der Waals surface area contributed by atoms with Gasteiger partial charge in [0.2, 0.25) is 0 Å². The molecule has 0 aliphatic carbocycles. The van der Waals surface area contributed by atoms with E-state index in [2.05, 4.69) is 60.7 Å². The van der Waals surface area contributed by atoms with E-state index >= 15 is 0 Å². The van der Waals surface area contributed by atoms with Crippen molar-refractivity contribution >= 4 is 53.7 Å². The largest absolute Gasteiger partial charge is 0.309 e. The first-order chi connectivity index (χ1) is 15.3. The summed E-state index contributed by atoms with van der Waals surface area (Å²) in [5.74, 6) is 0. The molecule has 5 rings (SSSR count). The van der Waals surface area contributed by atoms with Gasteiger partial charge in [-0.15, -0.1) is 0 Å². The van der Waals surface area contributed by atoms with Crippen LogP contribution in [-0.2, 0) is 0 Å². The molecule has 1 aromatic heterocycles. The van der Waals surface area contributed by atoms with Crippen molar-refractivity contribution in [3.8, 4) is 16.8 Å². The number of hydrogen-bond donors (Lipinski definition) is 0. The molecule has 0 saturated carbocycles. The molecule has 27 heavy (non-hydrogen) atoms. The van der Waals surface area contributed by atoms with E-state index in [0.29, 0.717) is 5.56 Å². The van der Waals surface area contributed by atoms with E-state index in [-0.39, 0.29) is 35.8 Å². The van der Waals surface area contributed by atoms with E-state index in [4.69, 9.17) is 6.85 Å². The second-order valence-corrected chi connectivity index (χ2v) is 8.04. The number of nitrogens with zero attached hydrogens (tertiary/aromatic N) is 1. The van der Waals surface area contributed by atoms with Crippen LogP contribution in [0.5, 0.6) is 0 Å². The quantitative estimate of drug-likeness (QED) is 0.241. The number of halogens is 2. The van der Waals surface area contributed by atoms with Crippen LogP contribution < -0.4 is 0 Å². The van der Waals surface area contributed by atoms with Crippen LogP contribution in [-0.4, -0.2) is 4.57 Å². The smallest absolute Gasteiger partial charge is 0.0629 e. The van der Waals surface area contributed by atoms with E-state index in [1.807, 2.05) is 24.3 Å².